The topological polar surface area (TPSA) is 35.9 Å². The number of piperazine rings is 1. The van der Waals surface area contributed by atoms with Crippen LogP contribution in [-0.4, -0.2) is 55.4 Å². The van der Waals surface area contributed by atoms with Gasteiger partial charge in [-0.1, -0.05) is 29.3 Å². The van der Waals surface area contributed by atoms with Gasteiger partial charge >= 0.3 is 0 Å². The zero-order valence-corrected chi connectivity index (χ0v) is 19.8. The highest BCUT2D eigenvalue weighted by Crippen LogP contribution is 2.25. The number of halogens is 4. The van der Waals surface area contributed by atoms with Crippen molar-refractivity contribution in [1.29, 1.82) is 0 Å². The fraction of sp³-hybridized carbons (Fsp3) is 0.429. The predicted octanol–water partition coefficient (Wildman–Crippen LogP) is 5.02. The van der Waals surface area contributed by atoms with Crippen molar-refractivity contribution in [3.05, 3.63) is 57.6 Å². The lowest BCUT2D eigenvalue weighted by Gasteiger charge is -2.37. The van der Waals surface area contributed by atoms with Crippen molar-refractivity contribution in [2.45, 2.75) is 20.0 Å². The molecule has 2 aromatic rings. The van der Waals surface area contributed by atoms with E-state index < -0.39 is 6.10 Å². The van der Waals surface area contributed by atoms with Crippen molar-refractivity contribution in [1.82, 2.24) is 4.90 Å². The average Bonchev–Trinajstić information content (AvgIpc) is 2.65. The third-order valence-electron chi connectivity index (χ3n) is 4.92. The number of β-amino-alcohol motifs (C(OH)–C–C–N with tert-alkyl or cyclic N) is 1. The Morgan fingerprint density at radius 3 is 2.31 bits per heavy atom. The SMILES string of the molecule is Cc1cc(OCC(O)CN2CCN(c3cc(Cl)ccc3C)CC2)ccc1Cl.Cl.Cl. The minimum atomic E-state index is -0.527. The van der Waals surface area contributed by atoms with E-state index in [0.717, 1.165) is 47.5 Å². The molecule has 0 spiro atoms. The second-order valence-electron chi connectivity index (χ2n) is 7.09. The van der Waals surface area contributed by atoms with Crippen LogP contribution in [0.2, 0.25) is 10.0 Å². The number of aryl methyl sites for hydroxylation is 2. The quantitative estimate of drug-likeness (QED) is 0.628. The molecule has 29 heavy (non-hydrogen) atoms. The Kier molecular flexibility index (Phi) is 10.9. The summed E-state index contributed by atoms with van der Waals surface area (Å²) in [4.78, 5) is 4.63. The van der Waals surface area contributed by atoms with Gasteiger partial charge in [-0.25, -0.2) is 0 Å². The Labute approximate surface area is 195 Å². The average molecular weight is 482 g/mol. The molecule has 1 heterocycles. The van der Waals surface area contributed by atoms with Crippen LogP contribution in [-0.2, 0) is 0 Å². The third kappa shape index (κ3) is 7.39. The molecule has 4 nitrogen and oxygen atoms in total. The third-order valence-corrected chi connectivity index (χ3v) is 5.58. The van der Waals surface area contributed by atoms with E-state index in [2.05, 4.69) is 22.8 Å². The van der Waals surface area contributed by atoms with Gasteiger partial charge in [-0.3, -0.25) is 4.90 Å². The van der Waals surface area contributed by atoms with Crippen LogP contribution < -0.4 is 9.64 Å². The minimum Gasteiger partial charge on any atom is -0.491 e. The molecule has 1 atom stereocenters. The van der Waals surface area contributed by atoms with Gasteiger partial charge in [0.05, 0.1) is 0 Å². The highest BCUT2D eigenvalue weighted by Gasteiger charge is 2.21. The summed E-state index contributed by atoms with van der Waals surface area (Å²) in [5.41, 5.74) is 3.40. The lowest BCUT2D eigenvalue weighted by atomic mass is 10.1. The van der Waals surface area contributed by atoms with Crippen molar-refractivity contribution in [2.24, 2.45) is 0 Å². The zero-order valence-electron chi connectivity index (χ0n) is 16.6. The van der Waals surface area contributed by atoms with Gasteiger partial charge in [-0.2, -0.15) is 0 Å². The molecule has 1 saturated heterocycles. The molecule has 3 rings (SSSR count). The molecule has 0 bridgehead atoms. The Bertz CT molecular complexity index is 783. The summed E-state index contributed by atoms with van der Waals surface area (Å²) < 4.78 is 5.70. The van der Waals surface area contributed by atoms with Crippen LogP contribution in [0, 0.1) is 13.8 Å². The second kappa shape index (κ2) is 12.1. The number of nitrogens with zero attached hydrogens (tertiary/aromatic N) is 2. The van der Waals surface area contributed by atoms with Crippen molar-refractivity contribution >= 4 is 53.7 Å². The van der Waals surface area contributed by atoms with E-state index in [4.69, 9.17) is 27.9 Å². The van der Waals surface area contributed by atoms with Crippen LogP contribution in [0.5, 0.6) is 5.75 Å². The zero-order chi connectivity index (χ0) is 19.4. The van der Waals surface area contributed by atoms with Gasteiger partial charge in [0.1, 0.15) is 18.5 Å². The predicted molar refractivity (Wildman–Crippen MR) is 127 cm³/mol. The van der Waals surface area contributed by atoms with Crippen LogP contribution in [0.1, 0.15) is 11.1 Å². The molecule has 1 aliphatic rings. The van der Waals surface area contributed by atoms with E-state index in [0.29, 0.717) is 6.54 Å². The number of hydrogen-bond acceptors (Lipinski definition) is 4. The summed E-state index contributed by atoms with van der Waals surface area (Å²) in [6.45, 7) is 8.58. The Balaban J connectivity index is 0.00000210. The molecule has 1 fully saturated rings. The molecule has 1 aliphatic heterocycles. The minimum absolute atomic E-state index is 0. The maximum atomic E-state index is 10.3. The second-order valence-corrected chi connectivity index (χ2v) is 7.94. The molecule has 1 N–H and O–H groups in total. The van der Waals surface area contributed by atoms with E-state index >= 15 is 0 Å². The molecule has 0 aromatic heterocycles. The highest BCUT2D eigenvalue weighted by molar-refractivity contribution is 6.31. The van der Waals surface area contributed by atoms with Crippen molar-refractivity contribution in [2.75, 3.05) is 44.2 Å². The summed E-state index contributed by atoms with van der Waals surface area (Å²) in [6.07, 6.45) is -0.527. The molecular weight excluding hydrogens is 454 g/mol. The van der Waals surface area contributed by atoms with Gasteiger partial charge in [0.2, 0.25) is 0 Å². The number of aliphatic hydroxyl groups is 1. The van der Waals surface area contributed by atoms with Crippen LogP contribution in [0.25, 0.3) is 0 Å². The summed E-state index contributed by atoms with van der Waals surface area (Å²) in [6, 6.07) is 11.5. The first kappa shape index (κ1) is 26.2. The molecular formula is C21H28Cl4N2O2. The molecule has 0 radical (unpaired) electrons. The van der Waals surface area contributed by atoms with Gasteiger partial charge in [0.15, 0.2) is 0 Å². The first-order valence-corrected chi connectivity index (χ1v) is 9.98. The van der Waals surface area contributed by atoms with Crippen LogP contribution in [0.15, 0.2) is 36.4 Å². The Morgan fingerprint density at radius 1 is 0.966 bits per heavy atom. The molecule has 0 aliphatic carbocycles. The van der Waals surface area contributed by atoms with Gasteiger partial charge in [0, 0.05) is 48.5 Å². The van der Waals surface area contributed by atoms with E-state index in [9.17, 15) is 5.11 Å². The van der Waals surface area contributed by atoms with Crippen molar-refractivity contribution in [3.8, 4) is 5.75 Å². The van der Waals surface area contributed by atoms with Gasteiger partial charge < -0.3 is 14.7 Å². The summed E-state index contributed by atoms with van der Waals surface area (Å²) in [5.74, 6) is 0.734. The van der Waals surface area contributed by atoms with Gasteiger partial charge in [-0.15, -0.1) is 24.8 Å². The summed E-state index contributed by atoms with van der Waals surface area (Å²) >= 11 is 12.2. The highest BCUT2D eigenvalue weighted by atomic mass is 35.5. The standard InChI is InChI=1S/C21H26Cl2N2O2.2ClH/c1-15-3-4-17(22)12-21(15)25-9-7-24(8-10-25)13-18(26)14-27-19-5-6-20(23)16(2)11-19;;/h3-6,11-12,18,26H,7-10,13-14H2,1-2H3;2*1H. The van der Waals surface area contributed by atoms with Crippen LogP contribution in [0.4, 0.5) is 5.69 Å². The number of benzene rings is 2. The molecule has 0 saturated carbocycles. The fourth-order valence-electron chi connectivity index (χ4n) is 3.34. The first-order valence-electron chi connectivity index (χ1n) is 9.23. The monoisotopic (exact) mass is 480 g/mol. The molecule has 1 unspecified atom stereocenters. The van der Waals surface area contributed by atoms with Gasteiger partial charge in [-0.05, 0) is 55.3 Å². The maximum absolute atomic E-state index is 10.3. The van der Waals surface area contributed by atoms with E-state index in [1.54, 1.807) is 0 Å². The van der Waals surface area contributed by atoms with Crippen LogP contribution in [0.3, 0.4) is 0 Å². The molecule has 0 amide bonds. The maximum Gasteiger partial charge on any atom is 0.119 e. The molecule has 162 valence electrons. The van der Waals surface area contributed by atoms with E-state index in [-0.39, 0.29) is 31.4 Å². The lowest BCUT2D eigenvalue weighted by Crippen LogP contribution is -2.49. The number of aliphatic hydroxyl groups excluding tert-OH is 1. The number of rotatable bonds is 6. The number of anilines is 1. The van der Waals surface area contributed by atoms with Crippen molar-refractivity contribution < 1.29 is 9.84 Å². The van der Waals surface area contributed by atoms with E-state index in [1.807, 2.05) is 37.3 Å². The summed E-state index contributed by atoms with van der Waals surface area (Å²) in [7, 11) is 0. The van der Waals surface area contributed by atoms with Gasteiger partial charge in [0.25, 0.3) is 0 Å². The Hall–Kier alpha value is -0.880. The normalized spacial score (nSPS) is 15.3. The lowest BCUT2D eigenvalue weighted by molar-refractivity contribution is 0.0663. The molecule has 2 aromatic carbocycles. The smallest absolute Gasteiger partial charge is 0.119 e. The van der Waals surface area contributed by atoms with E-state index in [1.165, 1.54) is 11.3 Å². The first-order chi connectivity index (χ1) is 12.9. The summed E-state index contributed by atoms with van der Waals surface area (Å²) in [5, 5.41) is 11.8. The number of hydrogen-bond donors (Lipinski definition) is 1. The van der Waals surface area contributed by atoms with Crippen molar-refractivity contribution in [3.63, 3.8) is 0 Å². The molecule has 8 heteroatoms. The largest absolute Gasteiger partial charge is 0.491 e. The number of ether oxygens (including phenoxy) is 1. The van der Waals surface area contributed by atoms with Crippen LogP contribution >= 0.6 is 48.0 Å². The Morgan fingerprint density at radius 2 is 1.66 bits per heavy atom. The fourth-order valence-corrected chi connectivity index (χ4v) is 3.63.